The number of ether oxygens (including phenoxy) is 2. The minimum Gasteiger partial charge on any atom is -0.465 e. The second-order valence-electron chi connectivity index (χ2n) is 10.0. The summed E-state index contributed by atoms with van der Waals surface area (Å²) < 4.78 is 11.0. The molecule has 0 saturated heterocycles. The number of nitrogens with zero attached hydrogens (tertiary/aromatic N) is 1. The first-order chi connectivity index (χ1) is 18.9. The Morgan fingerprint density at radius 3 is 2.28 bits per heavy atom. The minimum absolute atomic E-state index is 0.211. The molecule has 1 unspecified atom stereocenters. The Hall–Kier alpha value is -4.03. The number of fused-ring (bicyclic) bond motifs is 1. The molecule has 4 aromatic rings. The van der Waals surface area contributed by atoms with Crippen molar-refractivity contribution >= 4 is 22.8 Å². The summed E-state index contributed by atoms with van der Waals surface area (Å²) in [7, 11) is 0. The van der Waals surface area contributed by atoms with E-state index >= 15 is 0 Å². The van der Waals surface area contributed by atoms with E-state index in [-0.39, 0.29) is 37.6 Å². The van der Waals surface area contributed by atoms with E-state index in [4.69, 9.17) is 9.47 Å². The van der Waals surface area contributed by atoms with Crippen LogP contribution in [0.1, 0.15) is 44.2 Å². The van der Waals surface area contributed by atoms with Gasteiger partial charge in [0.15, 0.2) is 0 Å². The maximum absolute atomic E-state index is 13.0. The smallest absolute Gasteiger partial charge is 0.323 e. The van der Waals surface area contributed by atoms with Crippen molar-refractivity contribution < 1.29 is 19.1 Å². The van der Waals surface area contributed by atoms with E-state index in [9.17, 15) is 9.59 Å². The number of carbonyl (C=O) groups is 2. The third-order valence-corrected chi connectivity index (χ3v) is 6.59. The minimum atomic E-state index is -0.565. The molecule has 6 heteroatoms. The number of nitrogens with one attached hydrogen (secondary N) is 1. The number of para-hydroxylation sites is 1. The number of hydrogen-bond acceptors (Lipinski definition) is 6. The fourth-order valence-electron chi connectivity index (χ4n) is 4.54. The van der Waals surface area contributed by atoms with Crippen LogP contribution in [0.3, 0.4) is 0 Å². The first-order valence-corrected chi connectivity index (χ1v) is 13.5. The van der Waals surface area contributed by atoms with Gasteiger partial charge in [-0.2, -0.15) is 0 Å². The molecule has 6 nitrogen and oxygen atoms in total. The van der Waals surface area contributed by atoms with Crippen LogP contribution in [-0.4, -0.2) is 36.1 Å². The van der Waals surface area contributed by atoms with Gasteiger partial charge in [0.05, 0.1) is 18.0 Å². The molecule has 39 heavy (non-hydrogen) atoms. The number of esters is 2. The van der Waals surface area contributed by atoms with E-state index in [0.29, 0.717) is 6.42 Å². The van der Waals surface area contributed by atoms with Crippen LogP contribution in [0.15, 0.2) is 91.1 Å². The van der Waals surface area contributed by atoms with Crippen LogP contribution in [-0.2, 0) is 25.7 Å². The third-order valence-electron chi connectivity index (χ3n) is 6.59. The molecular weight excluding hydrogens is 488 g/mol. The maximum atomic E-state index is 13.0. The van der Waals surface area contributed by atoms with E-state index in [1.54, 1.807) is 6.92 Å². The van der Waals surface area contributed by atoms with Crippen molar-refractivity contribution in [1.29, 1.82) is 0 Å². The molecule has 0 bridgehead atoms. The molecular formula is C33H36N2O4. The standard InChI is InChI=1S/C33H36N2O4/c1-4-38-32(36)29(21-35-31(18-23(2)3)33(37)39-22-24-10-6-5-7-11-24)26-16-14-25(15-17-26)28-19-27-12-8-9-13-30(27)34-20-28/h5-17,19-20,23,29,31,35H,4,18,21-22H2,1-3H3/t29?,31-/m0/s1. The van der Waals surface area contributed by atoms with Gasteiger partial charge in [0.2, 0.25) is 0 Å². The molecule has 202 valence electrons. The number of benzene rings is 3. The van der Waals surface area contributed by atoms with Gasteiger partial charge in [-0.1, -0.05) is 86.6 Å². The van der Waals surface area contributed by atoms with Gasteiger partial charge in [-0.25, -0.2) is 0 Å². The van der Waals surface area contributed by atoms with E-state index < -0.39 is 12.0 Å². The van der Waals surface area contributed by atoms with Crippen molar-refractivity contribution in [2.75, 3.05) is 13.2 Å². The first kappa shape index (κ1) is 28.0. The fraction of sp³-hybridized carbons (Fsp3) is 0.303. The Labute approximate surface area is 230 Å². The Bertz CT molecular complexity index is 1370. The Kier molecular flexibility index (Phi) is 9.81. The van der Waals surface area contributed by atoms with E-state index in [2.05, 4.69) is 30.2 Å². The molecule has 2 atom stereocenters. The molecule has 3 aromatic carbocycles. The zero-order chi connectivity index (χ0) is 27.6. The summed E-state index contributed by atoms with van der Waals surface area (Å²) in [5.41, 5.74) is 4.71. The average Bonchev–Trinajstić information content (AvgIpc) is 2.96. The highest BCUT2D eigenvalue weighted by molar-refractivity contribution is 5.84. The summed E-state index contributed by atoms with van der Waals surface area (Å²) in [6, 6.07) is 27.1. The third kappa shape index (κ3) is 7.74. The summed E-state index contributed by atoms with van der Waals surface area (Å²) in [4.78, 5) is 30.5. The van der Waals surface area contributed by atoms with Crippen molar-refractivity contribution in [2.45, 2.75) is 45.8 Å². The molecule has 0 fully saturated rings. The summed E-state index contributed by atoms with van der Waals surface area (Å²) in [6.45, 7) is 6.66. The van der Waals surface area contributed by atoms with Crippen LogP contribution in [0.2, 0.25) is 0 Å². The summed E-state index contributed by atoms with van der Waals surface area (Å²) in [5, 5.41) is 4.38. The lowest BCUT2D eigenvalue weighted by atomic mass is 9.95. The maximum Gasteiger partial charge on any atom is 0.323 e. The number of hydrogen-bond donors (Lipinski definition) is 1. The van der Waals surface area contributed by atoms with Crippen LogP contribution in [0.5, 0.6) is 0 Å². The lowest BCUT2D eigenvalue weighted by Crippen LogP contribution is -2.42. The highest BCUT2D eigenvalue weighted by Crippen LogP contribution is 2.26. The van der Waals surface area contributed by atoms with Crippen molar-refractivity contribution in [3.05, 3.63) is 102 Å². The summed E-state index contributed by atoms with van der Waals surface area (Å²) in [6.07, 6.45) is 2.45. The largest absolute Gasteiger partial charge is 0.465 e. The van der Waals surface area contributed by atoms with Gasteiger partial charge < -0.3 is 14.8 Å². The molecule has 1 aromatic heterocycles. The molecule has 0 aliphatic carbocycles. The summed E-state index contributed by atoms with van der Waals surface area (Å²) in [5.74, 6) is -0.951. The molecule has 1 N–H and O–H groups in total. The van der Waals surface area contributed by atoms with Crippen molar-refractivity contribution in [3.8, 4) is 11.1 Å². The van der Waals surface area contributed by atoms with E-state index in [0.717, 1.165) is 33.2 Å². The number of aromatic nitrogens is 1. The lowest BCUT2D eigenvalue weighted by Gasteiger charge is -2.23. The van der Waals surface area contributed by atoms with Crippen LogP contribution < -0.4 is 5.32 Å². The van der Waals surface area contributed by atoms with Gasteiger partial charge in [-0.3, -0.25) is 14.6 Å². The van der Waals surface area contributed by atoms with Gasteiger partial charge in [0, 0.05) is 23.7 Å². The van der Waals surface area contributed by atoms with Crippen molar-refractivity contribution in [3.63, 3.8) is 0 Å². The highest BCUT2D eigenvalue weighted by atomic mass is 16.5. The van der Waals surface area contributed by atoms with Crippen LogP contribution >= 0.6 is 0 Å². The van der Waals surface area contributed by atoms with Crippen LogP contribution in [0.4, 0.5) is 0 Å². The second kappa shape index (κ2) is 13.7. The quantitative estimate of drug-likeness (QED) is 0.219. The number of pyridine rings is 1. The van der Waals surface area contributed by atoms with Gasteiger partial charge in [-0.15, -0.1) is 0 Å². The van der Waals surface area contributed by atoms with Gasteiger partial charge in [0.1, 0.15) is 12.6 Å². The molecule has 0 radical (unpaired) electrons. The normalized spacial score (nSPS) is 12.7. The zero-order valence-electron chi connectivity index (χ0n) is 22.8. The Morgan fingerprint density at radius 2 is 1.56 bits per heavy atom. The first-order valence-electron chi connectivity index (χ1n) is 13.5. The monoisotopic (exact) mass is 524 g/mol. The molecule has 1 heterocycles. The summed E-state index contributed by atoms with van der Waals surface area (Å²) >= 11 is 0. The van der Waals surface area contributed by atoms with Gasteiger partial charge in [0.25, 0.3) is 0 Å². The van der Waals surface area contributed by atoms with Crippen molar-refractivity contribution in [1.82, 2.24) is 10.3 Å². The zero-order valence-corrected chi connectivity index (χ0v) is 22.8. The van der Waals surface area contributed by atoms with Crippen molar-refractivity contribution in [2.24, 2.45) is 5.92 Å². The van der Waals surface area contributed by atoms with E-state index in [1.165, 1.54) is 0 Å². The van der Waals surface area contributed by atoms with E-state index in [1.807, 2.05) is 85.1 Å². The molecule has 0 aliphatic heterocycles. The Balaban J connectivity index is 1.48. The lowest BCUT2D eigenvalue weighted by molar-refractivity contribution is -0.149. The predicted molar refractivity (Wildman–Crippen MR) is 154 cm³/mol. The average molecular weight is 525 g/mol. The molecule has 4 rings (SSSR count). The molecule has 0 amide bonds. The van der Waals surface area contributed by atoms with Gasteiger partial charge in [-0.05, 0) is 48.1 Å². The molecule has 0 saturated carbocycles. The number of carbonyl (C=O) groups excluding carboxylic acids is 2. The topological polar surface area (TPSA) is 77.5 Å². The highest BCUT2D eigenvalue weighted by Gasteiger charge is 2.27. The predicted octanol–water partition coefficient (Wildman–Crippen LogP) is 6.30. The van der Waals surface area contributed by atoms with Gasteiger partial charge >= 0.3 is 11.9 Å². The molecule has 0 aliphatic rings. The number of rotatable bonds is 12. The molecule has 0 spiro atoms. The SMILES string of the molecule is CCOC(=O)C(CN[C@@H](CC(C)C)C(=O)OCc1ccccc1)c1ccc(-c2cnc3ccccc3c2)cc1. The second-order valence-corrected chi connectivity index (χ2v) is 10.0. The van der Waals surface area contributed by atoms with Crippen LogP contribution in [0, 0.1) is 5.92 Å². The van der Waals surface area contributed by atoms with Crippen LogP contribution in [0.25, 0.3) is 22.0 Å². The Morgan fingerprint density at radius 1 is 0.846 bits per heavy atom. The fourth-order valence-corrected chi connectivity index (χ4v) is 4.54.